The highest BCUT2D eigenvalue weighted by Crippen LogP contribution is 2.25. The minimum atomic E-state index is -0.193. The van der Waals surface area contributed by atoms with E-state index in [2.05, 4.69) is 25.2 Å². The first-order chi connectivity index (χ1) is 12.9. The fourth-order valence-electron chi connectivity index (χ4n) is 3.18. The number of aliphatic hydroxyl groups is 1. The molecule has 1 amide bonds. The molecule has 1 saturated heterocycles. The third-order valence-corrected chi connectivity index (χ3v) is 4.80. The van der Waals surface area contributed by atoms with Gasteiger partial charge >= 0.3 is 0 Å². The van der Waals surface area contributed by atoms with Crippen LogP contribution in [0.5, 0.6) is 0 Å². The van der Waals surface area contributed by atoms with Crippen molar-refractivity contribution >= 4 is 17.4 Å². The Morgan fingerprint density at radius 2 is 2.15 bits per heavy atom. The van der Waals surface area contributed by atoms with E-state index in [1.54, 1.807) is 20.3 Å². The number of hydrogen-bond acceptors (Lipinski definition) is 7. The largest absolute Gasteiger partial charge is 0.390 e. The Hall–Kier alpha value is -2.74. The highest BCUT2D eigenvalue weighted by molar-refractivity contribution is 5.90. The van der Waals surface area contributed by atoms with Gasteiger partial charge in [-0.2, -0.15) is 0 Å². The molecule has 0 saturated carbocycles. The van der Waals surface area contributed by atoms with E-state index in [0.717, 1.165) is 42.3 Å². The number of pyridine rings is 1. The van der Waals surface area contributed by atoms with E-state index in [1.807, 2.05) is 26.0 Å². The number of aliphatic hydroxyl groups excluding tert-OH is 1. The Morgan fingerprint density at radius 1 is 1.37 bits per heavy atom. The zero-order chi connectivity index (χ0) is 19.6. The number of aromatic nitrogens is 3. The van der Waals surface area contributed by atoms with Crippen LogP contribution in [0.25, 0.3) is 0 Å². The van der Waals surface area contributed by atoms with Crippen molar-refractivity contribution in [3.05, 3.63) is 41.1 Å². The SMILES string of the molecule is Cc1nc(C(=O)N(C)C)nc(N2CC[C@@H](Nc3ccnc(CO)c3)C2)c1C. The number of nitrogens with zero attached hydrogens (tertiary/aromatic N) is 5. The Morgan fingerprint density at radius 3 is 2.85 bits per heavy atom. The van der Waals surface area contributed by atoms with E-state index in [4.69, 9.17) is 0 Å². The van der Waals surface area contributed by atoms with Crippen molar-refractivity contribution in [1.29, 1.82) is 0 Å². The van der Waals surface area contributed by atoms with Crippen LogP contribution in [0.2, 0.25) is 0 Å². The van der Waals surface area contributed by atoms with Gasteiger partial charge in [-0.3, -0.25) is 9.78 Å². The van der Waals surface area contributed by atoms with Gasteiger partial charge in [-0.15, -0.1) is 0 Å². The number of amides is 1. The number of carbonyl (C=O) groups excluding carboxylic acids is 1. The maximum Gasteiger partial charge on any atom is 0.291 e. The molecule has 0 radical (unpaired) electrons. The van der Waals surface area contributed by atoms with Gasteiger partial charge in [0.15, 0.2) is 0 Å². The second-order valence-electron chi connectivity index (χ2n) is 7.05. The number of rotatable bonds is 5. The van der Waals surface area contributed by atoms with Gasteiger partial charge in [-0.05, 0) is 32.4 Å². The first-order valence-electron chi connectivity index (χ1n) is 9.03. The first kappa shape index (κ1) is 19.0. The van der Waals surface area contributed by atoms with Crippen LogP contribution in [-0.2, 0) is 6.61 Å². The normalized spacial score (nSPS) is 16.5. The lowest BCUT2D eigenvalue weighted by atomic mass is 10.2. The van der Waals surface area contributed by atoms with E-state index in [9.17, 15) is 9.90 Å². The third-order valence-electron chi connectivity index (χ3n) is 4.80. The lowest BCUT2D eigenvalue weighted by Gasteiger charge is -2.22. The van der Waals surface area contributed by atoms with Crippen molar-refractivity contribution in [2.45, 2.75) is 32.9 Å². The molecule has 0 bridgehead atoms. The molecule has 8 heteroatoms. The van der Waals surface area contributed by atoms with E-state index in [-0.39, 0.29) is 24.4 Å². The smallest absolute Gasteiger partial charge is 0.291 e. The van der Waals surface area contributed by atoms with Crippen molar-refractivity contribution in [2.24, 2.45) is 0 Å². The zero-order valence-corrected chi connectivity index (χ0v) is 16.2. The zero-order valence-electron chi connectivity index (χ0n) is 16.2. The maximum atomic E-state index is 12.3. The van der Waals surface area contributed by atoms with Crippen LogP contribution in [-0.4, -0.2) is 64.1 Å². The fourth-order valence-corrected chi connectivity index (χ4v) is 3.18. The average Bonchev–Trinajstić information content (AvgIpc) is 3.11. The summed E-state index contributed by atoms with van der Waals surface area (Å²) in [7, 11) is 3.40. The molecule has 1 atom stereocenters. The summed E-state index contributed by atoms with van der Waals surface area (Å²) in [6.07, 6.45) is 2.65. The summed E-state index contributed by atoms with van der Waals surface area (Å²) >= 11 is 0. The van der Waals surface area contributed by atoms with Crippen LogP contribution in [0.15, 0.2) is 18.3 Å². The molecule has 2 aromatic heterocycles. The predicted octanol–water partition coefficient (Wildman–Crippen LogP) is 1.37. The highest BCUT2D eigenvalue weighted by Gasteiger charge is 2.27. The van der Waals surface area contributed by atoms with Crippen molar-refractivity contribution in [3.8, 4) is 0 Å². The Labute approximate surface area is 159 Å². The minimum Gasteiger partial charge on any atom is -0.390 e. The number of hydrogen-bond donors (Lipinski definition) is 2. The van der Waals surface area contributed by atoms with Crippen molar-refractivity contribution in [1.82, 2.24) is 19.9 Å². The quantitative estimate of drug-likeness (QED) is 0.821. The average molecular weight is 370 g/mol. The molecule has 0 spiro atoms. The second-order valence-corrected chi connectivity index (χ2v) is 7.05. The van der Waals surface area contributed by atoms with Crippen LogP contribution >= 0.6 is 0 Å². The van der Waals surface area contributed by atoms with Crippen molar-refractivity contribution < 1.29 is 9.90 Å². The summed E-state index contributed by atoms with van der Waals surface area (Å²) in [6, 6.07) is 4.01. The molecular weight excluding hydrogens is 344 g/mol. The minimum absolute atomic E-state index is 0.0750. The van der Waals surface area contributed by atoms with E-state index < -0.39 is 0 Å². The summed E-state index contributed by atoms with van der Waals surface area (Å²) in [4.78, 5) is 29.0. The number of carbonyl (C=O) groups is 1. The topological polar surface area (TPSA) is 94.5 Å². The molecule has 0 aliphatic carbocycles. The van der Waals surface area contributed by atoms with Crippen LogP contribution < -0.4 is 10.2 Å². The first-order valence-corrected chi connectivity index (χ1v) is 9.03. The molecule has 0 unspecified atom stereocenters. The number of nitrogens with one attached hydrogen (secondary N) is 1. The molecule has 3 heterocycles. The predicted molar refractivity (Wildman–Crippen MR) is 104 cm³/mol. The van der Waals surface area contributed by atoms with Gasteiger partial charge in [-0.1, -0.05) is 0 Å². The lowest BCUT2D eigenvalue weighted by molar-refractivity contribution is 0.0815. The molecule has 1 aliphatic heterocycles. The lowest BCUT2D eigenvalue weighted by Crippen LogP contribution is -2.30. The van der Waals surface area contributed by atoms with Crippen molar-refractivity contribution in [2.75, 3.05) is 37.4 Å². The molecule has 1 aliphatic rings. The molecule has 2 aromatic rings. The Balaban J connectivity index is 1.77. The summed E-state index contributed by atoms with van der Waals surface area (Å²) in [6.45, 7) is 5.46. The van der Waals surface area contributed by atoms with E-state index in [1.165, 1.54) is 4.90 Å². The van der Waals surface area contributed by atoms with Crippen LogP contribution in [0, 0.1) is 13.8 Å². The summed E-state index contributed by atoms with van der Waals surface area (Å²) < 4.78 is 0. The second kappa shape index (κ2) is 7.87. The summed E-state index contributed by atoms with van der Waals surface area (Å²) in [5.74, 6) is 0.862. The number of anilines is 2. The molecule has 8 nitrogen and oxygen atoms in total. The molecule has 0 aromatic carbocycles. The van der Waals surface area contributed by atoms with Gasteiger partial charge in [0.2, 0.25) is 5.82 Å². The van der Waals surface area contributed by atoms with Gasteiger partial charge in [0, 0.05) is 56.4 Å². The van der Waals surface area contributed by atoms with Gasteiger partial charge in [0.25, 0.3) is 5.91 Å². The molecule has 1 fully saturated rings. The van der Waals surface area contributed by atoms with Crippen LogP contribution in [0.4, 0.5) is 11.5 Å². The Kier molecular flexibility index (Phi) is 5.55. The van der Waals surface area contributed by atoms with Crippen molar-refractivity contribution in [3.63, 3.8) is 0 Å². The molecular formula is C19H26N6O2. The molecule has 2 N–H and O–H groups in total. The van der Waals surface area contributed by atoms with Gasteiger partial charge < -0.3 is 20.2 Å². The van der Waals surface area contributed by atoms with Gasteiger partial charge in [-0.25, -0.2) is 9.97 Å². The molecule has 27 heavy (non-hydrogen) atoms. The highest BCUT2D eigenvalue weighted by atomic mass is 16.3. The summed E-state index contributed by atoms with van der Waals surface area (Å²) in [5, 5.41) is 12.7. The monoisotopic (exact) mass is 370 g/mol. The summed E-state index contributed by atoms with van der Waals surface area (Å²) in [5.41, 5.74) is 3.41. The standard InChI is InChI=1S/C19H26N6O2/c1-12-13(2)21-17(19(27)24(3)4)23-18(12)25-8-6-15(10-25)22-14-5-7-20-16(9-14)11-26/h5,7,9,15,26H,6,8,10-11H2,1-4H3,(H,20,22)/t15-/m1/s1. The maximum absolute atomic E-state index is 12.3. The number of aryl methyl sites for hydroxylation is 1. The fraction of sp³-hybridized carbons (Fsp3) is 0.474. The third kappa shape index (κ3) is 4.16. The van der Waals surface area contributed by atoms with Gasteiger partial charge in [0.1, 0.15) is 5.82 Å². The van der Waals surface area contributed by atoms with E-state index in [0.29, 0.717) is 5.69 Å². The van der Waals surface area contributed by atoms with Gasteiger partial charge in [0.05, 0.1) is 12.3 Å². The molecule has 144 valence electrons. The Bertz CT molecular complexity index is 839. The van der Waals surface area contributed by atoms with Crippen LogP contribution in [0.1, 0.15) is 34.0 Å². The van der Waals surface area contributed by atoms with E-state index >= 15 is 0 Å². The van der Waals surface area contributed by atoms with Crippen LogP contribution in [0.3, 0.4) is 0 Å². The molecule has 3 rings (SSSR count).